The van der Waals surface area contributed by atoms with E-state index in [0.717, 1.165) is 23.3 Å². The summed E-state index contributed by atoms with van der Waals surface area (Å²) in [5, 5.41) is 3.14. The van der Waals surface area contributed by atoms with Crippen LogP contribution in [0.3, 0.4) is 0 Å². The fourth-order valence-electron chi connectivity index (χ4n) is 3.33. The van der Waals surface area contributed by atoms with Crippen molar-refractivity contribution < 1.29 is 18.0 Å². The highest BCUT2D eigenvalue weighted by Crippen LogP contribution is 2.32. The summed E-state index contributed by atoms with van der Waals surface area (Å²) in [5.41, 5.74) is 8.51. The van der Waals surface area contributed by atoms with Crippen LogP contribution in [0.1, 0.15) is 21.5 Å². The number of hydrogen-bond donors (Lipinski definition) is 2. The average molecular weight is 448 g/mol. The van der Waals surface area contributed by atoms with Crippen LogP contribution in [0.5, 0.6) is 0 Å². The third-order valence-electron chi connectivity index (χ3n) is 5.02. The first-order valence-electron chi connectivity index (χ1n) is 10.0. The Morgan fingerprint density at radius 1 is 0.879 bits per heavy atom. The van der Waals surface area contributed by atoms with Crippen molar-refractivity contribution in [2.45, 2.75) is 12.7 Å². The molecule has 8 heteroatoms. The van der Waals surface area contributed by atoms with Gasteiger partial charge in [0.15, 0.2) is 0 Å². The molecule has 1 aromatic heterocycles. The van der Waals surface area contributed by atoms with Crippen molar-refractivity contribution >= 4 is 11.9 Å². The van der Waals surface area contributed by atoms with E-state index in [1.807, 2.05) is 12.1 Å². The van der Waals surface area contributed by atoms with Crippen molar-refractivity contribution in [2.75, 3.05) is 5.32 Å². The lowest BCUT2D eigenvalue weighted by atomic mass is 10.0. The number of halogens is 3. The summed E-state index contributed by atoms with van der Waals surface area (Å²) in [6.07, 6.45) is -2.77. The maximum absolute atomic E-state index is 13.0. The number of rotatable bonds is 6. The fourth-order valence-corrected chi connectivity index (χ4v) is 3.33. The quantitative estimate of drug-likeness (QED) is 0.406. The molecule has 0 radical (unpaired) electrons. The van der Waals surface area contributed by atoms with Crippen molar-refractivity contribution in [1.82, 2.24) is 9.97 Å². The standard InChI is InChI=1S/C25H19F3N4O/c26-25(27,28)21-6-2-5-20(14-21)19-4-1-3-16(13-19)15-31-24-30-12-11-22(32-24)17-7-9-18(10-8-17)23(29)33/h1-14H,15H2,(H2,29,33)(H,30,31,32). The predicted molar refractivity (Wildman–Crippen MR) is 120 cm³/mol. The number of benzene rings is 3. The molecule has 0 atom stereocenters. The van der Waals surface area contributed by atoms with Crippen LogP contribution in [0.25, 0.3) is 22.4 Å². The highest BCUT2D eigenvalue weighted by Gasteiger charge is 2.30. The Balaban J connectivity index is 1.49. The zero-order chi connectivity index (χ0) is 23.4. The number of alkyl halides is 3. The molecule has 0 aliphatic heterocycles. The molecule has 0 bridgehead atoms. The van der Waals surface area contributed by atoms with E-state index >= 15 is 0 Å². The highest BCUT2D eigenvalue weighted by molar-refractivity contribution is 5.93. The van der Waals surface area contributed by atoms with Crippen LogP contribution in [0.4, 0.5) is 19.1 Å². The van der Waals surface area contributed by atoms with E-state index < -0.39 is 17.6 Å². The van der Waals surface area contributed by atoms with Gasteiger partial charge < -0.3 is 11.1 Å². The van der Waals surface area contributed by atoms with Gasteiger partial charge >= 0.3 is 6.18 Å². The molecule has 3 aromatic carbocycles. The van der Waals surface area contributed by atoms with E-state index in [9.17, 15) is 18.0 Å². The van der Waals surface area contributed by atoms with E-state index in [-0.39, 0.29) is 0 Å². The van der Waals surface area contributed by atoms with Crippen molar-refractivity contribution in [2.24, 2.45) is 5.73 Å². The van der Waals surface area contributed by atoms with Crippen LogP contribution < -0.4 is 11.1 Å². The largest absolute Gasteiger partial charge is 0.416 e. The second kappa shape index (κ2) is 9.12. The summed E-state index contributed by atoms with van der Waals surface area (Å²) in [6.45, 7) is 0.386. The summed E-state index contributed by atoms with van der Waals surface area (Å²) >= 11 is 0. The van der Waals surface area contributed by atoms with Crippen LogP contribution in [0.2, 0.25) is 0 Å². The molecule has 5 nitrogen and oxygen atoms in total. The SMILES string of the molecule is NC(=O)c1ccc(-c2ccnc(NCc3cccc(-c4cccc(C(F)(F)F)c4)c3)n2)cc1. The molecule has 0 fully saturated rings. The first-order chi connectivity index (χ1) is 15.8. The lowest BCUT2D eigenvalue weighted by molar-refractivity contribution is -0.137. The Morgan fingerprint density at radius 2 is 1.58 bits per heavy atom. The number of primary amides is 1. The van der Waals surface area contributed by atoms with Gasteiger partial charge in [-0.2, -0.15) is 13.2 Å². The topological polar surface area (TPSA) is 80.9 Å². The number of nitrogens with one attached hydrogen (secondary N) is 1. The summed E-state index contributed by atoms with van der Waals surface area (Å²) < 4.78 is 39.1. The minimum absolute atomic E-state index is 0.386. The molecule has 4 rings (SSSR count). The highest BCUT2D eigenvalue weighted by atomic mass is 19.4. The fraction of sp³-hybridized carbons (Fsp3) is 0.0800. The van der Waals surface area contributed by atoms with Crippen LogP contribution in [-0.4, -0.2) is 15.9 Å². The minimum Gasteiger partial charge on any atom is -0.366 e. The van der Waals surface area contributed by atoms with E-state index in [4.69, 9.17) is 5.73 Å². The summed E-state index contributed by atoms with van der Waals surface area (Å²) in [7, 11) is 0. The number of carbonyl (C=O) groups is 1. The second-order valence-electron chi connectivity index (χ2n) is 7.34. The van der Waals surface area contributed by atoms with E-state index in [2.05, 4.69) is 15.3 Å². The lowest BCUT2D eigenvalue weighted by Gasteiger charge is -2.11. The number of aromatic nitrogens is 2. The van der Waals surface area contributed by atoms with Crippen LogP contribution in [0, 0.1) is 0 Å². The number of amides is 1. The number of anilines is 1. The monoisotopic (exact) mass is 448 g/mol. The number of hydrogen-bond acceptors (Lipinski definition) is 4. The molecule has 1 heterocycles. The molecule has 0 unspecified atom stereocenters. The van der Waals surface area contributed by atoms with Crippen molar-refractivity contribution in [3.05, 3.63) is 102 Å². The Labute approximate surface area is 188 Å². The van der Waals surface area contributed by atoms with Crippen LogP contribution in [-0.2, 0) is 12.7 Å². The third kappa shape index (κ3) is 5.35. The van der Waals surface area contributed by atoms with Gasteiger partial charge in [-0.15, -0.1) is 0 Å². The molecule has 4 aromatic rings. The summed E-state index contributed by atoms with van der Waals surface area (Å²) in [4.78, 5) is 19.9. The molecule has 1 amide bonds. The van der Waals surface area contributed by atoms with Gasteiger partial charge in [0.25, 0.3) is 0 Å². The maximum Gasteiger partial charge on any atom is 0.416 e. The Morgan fingerprint density at radius 3 is 2.27 bits per heavy atom. The summed E-state index contributed by atoms with van der Waals surface area (Å²) in [6, 6.07) is 21.0. The first kappa shape index (κ1) is 22.0. The molecule has 0 saturated heterocycles. The molecule has 0 aliphatic rings. The van der Waals surface area contributed by atoms with Crippen LogP contribution >= 0.6 is 0 Å². The Bertz CT molecular complexity index is 1290. The molecule has 33 heavy (non-hydrogen) atoms. The first-order valence-corrected chi connectivity index (χ1v) is 10.0. The van der Waals surface area contributed by atoms with Gasteiger partial charge in [-0.1, -0.05) is 42.5 Å². The van der Waals surface area contributed by atoms with Gasteiger partial charge in [0, 0.05) is 23.9 Å². The van der Waals surface area contributed by atoms with Gasteiger partial charge in [0.2, 0.25) is 11.9 Å². The van der Waals surface area contributed by atoms with Gasteiger partial charge in [0.1, 0.15) is 0 Å². The average Bonchev–Trinajstić information content (AvgIpc) is 2.83. The van der Waals surface area contributed by atoms with Gasteiger partial charge in [-0.25, -0.2) is 9.97 Å². The van der Waals surface area contributed by atoms with E-state index in [1.165, 1.54) is 6.07 Å². The van der Waals surface area contributed by atoms with Crippen molar-refractivity contribution in [1.29, 1.82) is 0 Å². The molecular weight excluding hydrogens is 429 g/mol. The predicted octanol–water partition coefficient (Wildman–Crippen LogP) is 5.54. The number of nitrogens with zero attached hydrogens (tertiary/aromatic N) is 2. The van der Waals surface area contributed by atoms with Crippen molar-refractivity contribution in [3.8, 4) is 22.4 Å². The Kier molecular flexibility index (Phi) is 6.08. The third-order valence-corrected chi connectivity index (χ3v) is 5.02. The normalized spacial score (nSPS) is 11.2. The van der Waals surface area contributed by atoms with Crippen molar-refractivity contribution in [3.63, 3.8) is 0 Å². The Hall–Kier alpha value is -4.20. The maximum atomic E-state index is 13.0. The van der Waals surface area contributed by atoms with Gasteiger partial charge in [-0.05, 0) is 53.1 Å². The molecule has 166 valence electrons. The zero-order valence-electron chi connectivity index (χ0n) is 17.3. The van der Waals surface area contributed by atoms with E-state index in [0.29, 0.717) is 34.9 Å². The minimum atomic E-state index is -4.39. The lowest BCUT2D eigenvalue weighted by Crippen LogP contribution is -2.10. The molecule has 0 spiro atoms. The number of nitrogens with two attached hydrogens (primary N) is 1. The molecule has 0 saturated carbocycles. The van der Waals surface area contributed by atoms with Gasteiger partial charge in [-0.3, -0.25) is 4.79 Å². The molecule has 3 N–H and O–H groups in total. The molecule has 0 aliphatic carbocycles. The van der Waals surface area contributed by atoms with Crippen LogP contribution in [0.15, 0.2) is 85.1 Å². The zero-order valence-corrected chi connectivity index (χ0v) is 17.3. The molecular formula is C25H19F3N4O. The second-order valence-corrected chi connectivity index (χ2v) is 7.34. The van der Waals surface area contributed by atoms with E-state index in [1.54, 1.807) is 54.7 Å². The van der Waals surface area contributed by atoms with Gasteiger partial charge in [0.05, 0.1) is 11.3 Å². The number of carbonyl (C=O) groups excluding carboxylic acids is 1. The summed E-state index contributed by atoms with van der Waals surface area (Å²) in [5.74, 6) is -0.102. The smallest absolute Gasteiger partial charge is 0.366 e.